The highest BCUT2D eigenvalue weighted by atomic mass is 16.4. The largest absolute Gasteiger partial charge is 0.478 e. The number of carboxylic acid groups (broad SMARTS) is 1. The van der Waals surface area contributed by atoms with Gasteiger partial charge in [-0.2, -0.15) is 0 Å². The van der Waals surface area contributed by atoms with Gasteiger partial charge in [-0.15, -0.1) is 0 Å². The molecule has 17 heavy (non-hydrogen) atoms. The van der Waals surface area contributed by atoms with Crippen molar-refractivity contribution in [2.75, 3.05) is 5.32 Å². The first-order valence-electron chi connectivity index (χ1n) is 5.08. The van der Waals surface area contributed by atoms with E-state index in [0.29, 0.717) is 12.1 Å². The number of carbonyl (C=O) groups excluding carboxylic acids is 1. The summed E-state index contributed by atoms with van der Waals surface area (Å²) >= 11 is 0. The van der Waals surface area contributed by atoms with E-state index in [4.69, 9.17) is 10.5 Å². The molecule has 1 amide bonds. The zero-order valence-corrected chi connectivity index (χ0v) is 9.86. The molecule has 0 saturated heterocycles. The minimum Gasteiger partial charge on any atom is -0.478 e. The van der Waals surface area contributed by atoms with Gasteiger partial charge in [0.15, 0.2) is 0 Å². The maximum Gasteiger partial charge on any atom is 0.335 e. The first kappa shape index (κ1) is 14.8. The topological polar surface area (TPSA) is 90.3 Å². The number of carboxylic acids is 1. The smallest absolute Gasteiger partial charge is 0.335 e. The Hall–Kier alpha value is -2.17. The lowest BCUT2D eigenvalue weighted by Gasteiger charge is -1.97. The van der Waals surface area contributed by atoms with E-state index in [1.54, 1.807) is 6.92 Å². The average molecular weight is 236 g/mol. The number of amides is 1. The van der Waals surface area contributed by atoms with Crippen LogP contribution in [0.5, 0.6) is 0 Å². The van der Waals surface area contributed by atoms with Crippen molar-refractivity contribution >= 4 is 23.8 Å². The van der Waals surface area contributed by atoms with Crippen LogP contribution in [-0.4, -0.2) is 23.2 Å². The molecule has 0 bridgehead atoms. The van der Waals surface area contributed by atoms with Crippen LogP contribution in [0.3, 0.4) is 0 Å². The van der Waals surface area contributed by atoms with Crippen molar-refractivity contribution in [2.45, 2.75) is 20.3 Å². The highest BCUT2D eigenvalue weighted by Crippen LogP contribution is 2.07. The second kappa shape index (κ2) is 8.04. The Labute approximate surface area is 100.0 Å². The number of anilines is 1. The summed E-state index contributed by atoms with van der Waals surface area (Å²) in [5.74, 6) is -0.979. The number of aromatic carboxylic acids is 1. The summed E-state index contributed by atoms with van der Waals surface area (Å²) in [6.07, 6.45) is 1.43. The molecule has 3 N–H and O–H groups in total. The van der Waals surface area contributed by atoms with E-state index >= 15 is 0 Å². The van der Waals surface area contributed by atoms with Gasteiger partial charge in [0, 0.05) is 11.4 Å². The van der Waals surface area contributed by atoms with Crippen LogP contribution in [0.2, 0.25) is 0 Å². The summed E-state index contributed by atoms with van der Waals surface area (Å²) in [5, 5.41) is 17.7. The van der Waals surface area contributed by atoms with Crippen LogP contribution in [0.15, 0.2) is 24.3 Å². The summed E-state index contributed by atoms with van der Waals surface area (Å²) < 4.78 is 0. The lowest BCUT2D eigenvalue weighted by molar-refractivity contribution is -0.105. The van der Waals surface area contributed by atoms with Crippen LogP contribution in [0, 0.1) is 5.41 Å². The Balaban J connectivity index is 0.000000437. The second-order valence-corrected chi connectivity index (χ2v) is 3.28. The van der Waals surface area contributed by atoms with Crippen LogP contribution in [-0.2, 0) is 4.79 Å². The van der Waals surface area contributed by atoms with Gasteiger partial charge in [0.05, 0.1) is 5.56 Å². The van der Waals surface area contributed by atoms with Gasteiger partial charge < -0.3 is 15.8 Å². The molecular formula is C12H16N2O3. The molecule has 0 aliphatic heterocycles. The molecule has 1 aromatic rings. The van der Waals surface area contributed by atoms with Crippen LogP contribution >= 0.6 is 0 Å². The predicted molar refractivity (Wildman–Crippen MR) is 66.8 cm³/mol. The van der Waals surface area contributed by atoms with Gasteiger partial charge in [0.1, 0.15) is 0 Å². The van der Waals surface area contributed by atoms with Gasteiger partial charge >= 0.3 is 5.97 Å². The standard InChI is InChI=1S/C8H7NO3.C4H9N/c10-5-9-7-3-1-6(2-4-7)8(11)12;1-3-4(2)5/h1-5H,(H,9,10)(H,11,12);5H,3H2,1-2H3. The van der Waals surface area contributed by atoms with Gasteiger partial charge in [0.2, 0.25) is 6.41 Å². The maximum atomic E-state index is 10.4. The molecule has 1 aromatic carbocycles. The normalized spacial score (nSPS) is 8.59. The molecule has 0 unspecified atom stereocenters. The quantitative estimate of drug-likeness (QED) is 0.553. The number of rotatable bonds is 4. The second-order valence-electron chi connectivity index (χ2n) is 3.28. The summed E-state index contributed by atoms with van der Waals surface area (Å²) in [7, 11) is 0. The number of hydrogen-bond donors (Lipinski definition) is 3. The molecule has 0 atom stereocenters. The van der Waals surface area contributed by atoms with Crippen molar-refractivity contribution in [1.82, 2.24) is 0 Å². The third-order valence-electron chi connectivity index (χ3n) is 1.89. The van der Waals surface area contributed by atoms with E-state index in [-0.39, 0.29) is 5.56 Å². The van der Waals surface area contributed by atoms with E-state index < -0.39 is 5.97 Å². The van der Waals surface area contributed by atoms with Crippen LogP contribution in [0.4, 0.5) is 5.69 Å². The van der Waals surface area contributed by atoms with Crippen molar-refractivity contribution in [1.29, 1.82) is 5.41 Å². The Morgan fingerprint density at radius 3 is 2.18 bits per heavy atom. The summed E-state index contributed by atoms with van der Waals surface area (Å²) in [6.45, 7) is 3.78. The average Bonchev–Trinajstić information content (AvgIpc) is 2.31. The molecule has 5 heteroatoms. The number of carbonyl (C=O) groups is 2. The Morgan fingerprint density at radius 2 is 1.88 bits per heavy atom. The Bertz CT molecular complexity index is 385. The third-order valence-corrected chi connectivity index (χ3v) is 1.89. The van der Waals surface area contributed by atoms with E-state index in [1.165, 1.54) is 24.3 Å². The molecule has 0 aliphatic rings. The van der Waals surface area contributed by atoms with Crippen molar-refractivity contribution < 1.29 is 14.7 Å². The van der Waals surface area contributed by atoms with Gasteiger partial charge in [-0.3, -0.25) is 4.79 Å². The zero-order chi connectivity index (χ0) is 13.3. The number of nitrogens with one attached hydrogen (secondary N) is 2. The van der Waals surface area contributed by atoms with Crippen molar-refractivity contribution in [3.8, 4) is 0 Å². The van der Waals surface area contributed by atoms with Gasteiger partial charge in [-0.05, 0) is 37.6 Å². The molecule has 92 valence electrons. The highest BCUT2D eigenvalue weighted by Gasteiger charge is 2.00. The first-order valence-corrected chi connectivity index (χ1v) is 5.08. The highest BCUT2D eigenvalue weighted by molar-refractivity contribution is 5.88. The number of benzene rings is 1. The van der Waals surface area contributed by atoms with Gasteiger partial charge in [0.25, 0.3) is 0 Å². The Morgan fingerprint density at radius 1 is 1.41 bits per heavy atom. The lowest BCUT2D eigenvalue weighted by atomic mass is 10.2. The SMILES string of the molecule is CCC(C)=N.O=CNc1ccc(C(=O)O)cc1. The fraction of sp³-hybridized carbons (Fsp3) is 0.250. The van der Waals surface area contributed by atoms with Crippen molar-refractivity contribution in [3.05, 3.63) is 29.8 Å². The van der Waals surface area contributed by atoms with E-state index in [9.17, 15) is 9.59 Å². The summed E-state index contributed by atoms with van der Waals surface area (Å²) in [5.41, 5.74) is 1.53. The first-order chi connectivity index (χ1) is 8.01. The molecule has 5 nitrogen and oxygen atoms in total. The van der Waals surface area contributed by atoms with Crippen LogP contribution < -0.4 is 5.32 Å². The monoisotopic (exact) mass is 236 g/mol. The Kier molecular flexibility index (Phi) is 7.01. The van der Waals surface area contributed by atoms with E-state index in [2.05, 4.69) is 5.32 Å². The third kappa shape index (κ3) is 6.83. The van der Waals surface area contributed by atoms with E-state index in [1.807, 2.05) is 6.92 Å². The molecule has 1 rings (SSSR count). The van der Waals surface area contributed by atoms with Crippen molar-refractivity contribution in [2.24, 2.45) is 0 Å². The molecule has 0 spiro atoms. The fourth-order valence-corrected chi connectivity index (χ4v) is 0.777. The molecular weight excluding hydrogens is 220 g/mol. The number of hydrogen-bond acceptors (Lipinski definition) is 3. The zero-order valence-electron chi connectivity index (χ0n) is 9.86. The minimum atomic E-state index is -0.979. The van der Waals surface area contributed by atoms with Crippen molar-refractivity contribution in [3.63, 3.8) is 0 Å². The maximum absolute atomic E-state index is 10.4. The molecule has 0 fully saturated rings. The molecule has 0 aromatic heterocycles. The summed E-state index contributed by atoms with van der Waals surface area (Å²) in [6, 6.07) is 5.90. The molecule has 0 aliphatic carbocycles. The molecule has 0 radical (unpaired) electrons. The lowest BCUT2D eigenvalue weighted by Crippen LogP contribution is -1.97. The molecule has 0 heterocycles. The minimum absolute atomic E-state index is 0.200. The van der Waals surface area contributed by atoms with Crippen LogP contribution in [0.1, 0.15) is 30.6 Å². The van der Waals surface area contributed by atoms with Crippen LogP contribution in [0.25, 0.3) is 0 Å². The molecule has 0 saturated carbocycles. The fourth-order valence-electron chi connectivity index (χ4n) is 0.777. The van der Waals surface area contributed by atoms with Gasteiger partial charge in [-0.25, -0.2) is 4.79 Å². The van der Waals surface area contributed by atoms with E-state index in [0.717, 1.165) is 12.1 Å². The van der Waals surface area contributed by atoms with Gasteiger partial charge in [-0.1, -0.05) is 6.92 Å². The predicted octanol–water partition coefficient (Wildman–Crippen LogP) is 2.39. The summed E-state index contributed by atoms with van der Waals surface area (Å²) in [4.78, 5) is 20.3.